The molecule has 1 N–H and O–H groups in total. The molecule has 1 aromatic carbocycles. The average Bonchev–Trinajstić information content (AvgIpc) is 2.51. The summed E-state index contributed by atoms with van der Waals surface area (Å²) in [4.78, 5) is 12.5. The van der Waals surface area contributed by atoms with Crippen LogP contribution in [0.1, 0.15) is 43.7 Å². The fourth-order valence-electron chi connectivity index (χ4n) is 5.33. The molecule has 2 bridgehead atoms. The number of carbonyl (C=O) groups excluding carboxylic acids is 1. The van der Waals surface area contributed by atoms with Gasteiger partial charge in [-0.1, -0.05) is 19.4 Å². The van der Waals surface area contributed by atoms with Gasteiger partial charge in [-0.15, -0.1) is 0 Å². The van der Waals surface area contributed by atoms with E-state index in [2.05, 4.69) is 30.4 Å². The first-order valence-electron chi connectivity index (χ1n) is 8.06. The summed E-state index contributed by atoms with van der Waals surface area (Å²) in [5.74, 6) is 1.69. The standard InChI is InChI=1S/C18H23NO2/c1-17-8-3-9-18(11-19-16(17)20)14-10-13(21-2)6-4-12(14)5-7-15(17)18/h4,6,10,15H,3,5,7-9,11H2,1-2H3,(H,19,20)/t15-,17+,18-/m1/s1. The number of carbonyl (C=O) groups is 1. The molecule has 3 atom stereocenters. The van der Waals surface area contributed by atoms with E-state index in [0.717, 1.165) is 38.0 Å². The Morgan fingerprint density at radius 1 is 1.33 bits per heavy atom. The van der Waals surface area contributed by atoms with Crippen LogP contribution in [-0.2, 0) is 16.6 Å². The zero-order chi connectivity index (χ0) is 14.7. The summed E-state index contributed by atoms with van der Waals surface area (Å²) >= 11 is 0. The lowest BCUT2D eigenvalue weighted by Gasteiger charge is -2.59. The van der Waals surface area contributed by atoms with Gasteiger partial charge in [0.05, 0.1) is 12.5 Å². The van der Waals surface area contributed by atoms with Gasteiger partial charge in [-0.2, -0.15) is 0 Å². The van der Waals surface area contributed by atoms with Crippen molar-refractivity contribution in [3.63, 3.8) is 0 Å². The largest absolute Gasteiger partial charge is 0.497 e. The monoisotopic (exact) mass is 285 g/mol. The summed E-state index contributed by atoms with van der Waals surface area (Å²) in [6.07, 6.45) is 5.60. The highest BCUT2D eigenvalue weighted by molar-refractivity contribution is 5.84. The fourth-order valence-corrected chi connectivity index (χ4v) is 5.33. The molecule has 1 heterocycles. The van der Waals surface area contributed by atoms with Gasteiger partial charge in [0, 0.05) is 12.0 Å². The molecule has 3 heteroatoms. The van der Waals surface area contributed by atoms with Gasteiger partial charge in [-0.3, -0.25) is 4.79 Å². The van der Waals surface area contributed by atoms with Crippen LogP contribution in [0.3, 0.4) is 0 Å². The van der Waals surface area contributed by atoms with E-state index in [1.54, 1.807) is 7.11 Å². The van der Waals surface area contributed by atoms with Gasteiger partial charge in [0.1, 0.15) is 5.75 Å². The Labute approximate surface area is 126 Å². The molecule has 1 saturated heterocycles. The van der Waals surface area contributed by atoms with Crippen molar-refractivity contribution in [3.8, 4) is 5.75 Å². The molecule has 2 fully saturated rings. The van der Waals surface area contributed by atoms with Crippen LogP contribution in [0.15, 0.2) is 18.2 Å². The first kappa shape index (κ1) is 13.2. The highest BCUT2D eigenvalue weighted by atomic mass is 16.5. The molecular formula is C18H23NO2. The SMILES string of the molecule is COc1ccc2c(c1)[C@@]13CCC[C@](C)(C(=O)NC1)[C@H]3CC2. The Balaban J connectivity index is 1.90. The third-order valence-corrected chi connectivity index (χ3v) is 6.39. The number of amides is 1. The van der Waals surface area contributed by atoms with Crippen molar-refractivity contribution < 1.29 is 9.53 Å². The summed E-state index contributed by atoms with van der Waals surface area (Å²) in [6, 6.07) is 6.52. The number of aryl methyl sites for hydroxylation is 1. The quantitative estimate of drug-likeness (QED) is 0.861. The van der Waals surface area contributed by atoms with E-state index >= 15 is 0 Å². The minimum absolute atomic E-state index is 0.128. The van der Waals surface area contributed by atoms with Crippen molar-refractivity contribution in [2.75, 3.05) is 13.7 Å². The molecule has 1 amide bonds. The highest BCUT2D eigenvalue weighted by Gasteiger charge is 2.60. The third-order valence-electron chi connectivity index (χ3n) is 6.39. The lowest BCUT2D eigenvalue weighted by atomic mass is 9.47. The van der Waals surface area contributed by atoms with Crippen molar-refractivity contribution in [3.05, 3.63) is 29.3 Å². The zero-order valence-corrected chi connectivity index (χ0v) is 12.9. The zero-order valence-electron chi connectivity index (χ0n) is 12.9. The Bertz CT molecular complexity index is 611. The van der Waals surface area contributed by atoms with E-state index in [-0.39, 0.29) is 16.7 Å². The summed E-state index contributed by atoms with van der Waals surface area (Å²) in [5.41, 5.74) is 2.83. The smallest absolute Gasteiger partial charge is 0.226 e. The molecule has 112 valence electrons. The molecule has 1 aromatic rings. The number of hydrogen-bond donors (Lipinski definition) is 1. The first-order chi connectivity index (χ1) is 10.1. The molecule has 0 spiro atoms. The van der Waals surface area contributed by atoms with Gasteiger partial charge in [-0.25, -0.2) is 0 Å². The van der Waals surface area contributed by atoms with Crippen LogP contribution in [0.2, 0.25) is 0 Å². The number of ether oxygens (including phenoxy) is 1. The predicted molar refractivity (Wildman–Crippen MR) is 81.5 cm³/mol. The Morgan fingerprint density at radius 2 is 2.19 bits per heavy atom. The van der Waals surface area contributed by atoms with Crippen LogP contribution in [0.4, 0.5) is 0 Å². The topological polar surface area (TPSA) is 38.3 Å². The van der Waals surface area contributed by atoms with Crippen molar-refractivity contribution in [1.29, 1.82) is 0 Å². The molecule has 0 aromatic heterocycles. The second-order valence-corrected chi connectivity index (χ2v) is 7.22. The van der Waals surface area contributed by atoms with Crippen molar-refractivity contribution in [2.45, 2.75) is 44.4 Å². The number of hydrogen-bond acceptors (Lipinski definition) is 2. The van der Waals surface area contributed by atoms with E-state index in [1.165, 1.54) is 17.5 Å². The molecule has 21 heavy (non-hydrogen) atoms. The number of rotatable bonds is 1. The van der Waals surface area contributed by atoms with Crippen LogP contribution in [0, 0.1) is 11.3 Å². The summed E-state index contributed by atoms with van der Waals surface area (Å²) in [5, 5.41) is 3.21. The molecular weight excluding hydrogens is 262 g/mol. The van der Waals surface area contributed by atoms with Crippen molar-refractivity contribution in [1.82, 2.24) is 5.32 Å². The maximum absolute atomic E-state index is 12.5. The number of piperidine rings is 1. The van der Waals surface area contributed by atoms with Gasteiger partial charge in [-0.05, 0) is 54.9 Å². The second kappa shape index (κ2) is 4.25. The molecule has 4 rings (SSSR count). The molecule has 3 nitrogen and oxygen atoms in total. The van der Waals surface area contributed by atoms with Crippen LogP contribution >= 0.6 is 0 Å². The van der Waals surface area contributed by atoms with Gasteiger partial charge in [0.15, 0.2) is 0 Å². The fraction of sp³-hybridized carbons (Fsp3) is 0.611. The molecule has 1 saturated carbocycles. The van der Waals surface area contributed by atoms with Crippen molar-refractivity contribution >= 4 is 5.91 Å². The number of nitrogens with one attached hydrogen (secondary N) is 1. The Hall–Kier alpha value is -1.51. The maximum atomic E-state index is 12.5. The molecule has 1 aliphatic heterocycles. The Kier molecular flexibility index (Phi) is 2.66. The summed E-state index contributed by atoms with van der Waals surface area (Å²) in [6.45, 7) is 2.98. The van der Waals surface area contributed by atoms with Gasteiger partial charge >= 0.3 is 0 Å². The summed E-state index contributed by atoms with van der Waals surface area (Å²) < 4.78 is 5.45. The van der Waals surface area contributed by atoms with Gasteiger partial charge in [0.25, 0.3) is 0 Å². The third kappa shape index (κ3) is 1.58. The number of benzene rings is 1. The van der Waals surface area contributed by atoms with Crippen LogP contribution < -0.4 is 10.1 Å². The predicted octanol–water partition coefficient (Wildman–Crippen LogP) is 2.82. The molecule has 3 aliphatic rings. The Morgan fingerprint density at radius 3 is 3.00 bits per heavy atom. The van der Waals surface area contributed by atoms with E-state index in [0.29, 0.717) is 5.92 Å². The van der Waals surface area contributed by atoms with E-state index in [4.69, 9.17) is 4.74 Å². The van der Waals surface area contributed by atoms with Gasteiger partial charge < -0.3 is 10.1 Å². The van der Waals surface area contributed by atoms with E-state index in [9.17, 15) is 4.79 Å². The number of fused-ring (bicyclic) bond motifs is 1. The van der Waals surface area contributed by atoms with Crippen molar-refractivity contribution in [2.24, 2.45) is 11.3 Å². The second-order valence-electron chi connectivity index (χ2n) is 7.22. The van der Waals surface area contributed by atoms with Crippen LogP contribution in [0.25, 0.3) is 0 Å². The molecule has 2 aliphatic carbocycles. The van der Waals surface area contributed by atoms with Gasteiger partial charge in [0.2, 0.25) is 5.91 Å². The van der Waals surface area contributed by atoms with E-state index in [1.807, 2.05) is 0 Å². The highest BCUT2D eigenvalue weighted by Crippen LogP contribution is 2.59. The lowest BCUT2D eigenvalue weighted by Crippen LogP contribution is -2.65. The average molecular weight is 285 g/mol. The lowest BCUT2D eigenvalue weighted by molar-refractivity contribution is -0.146. The van der Waals surface area contributed by atoms with Crippen LogP contribution in [0.5, 0.6) is 5.75 Å². The normalized spacial score (nSPS) is 37.2. The summed E-state index contributed by atoms with van der Waals surface area (Å²) in [7, 11) is 1.73. The molecule has 0 unspecified atom stereocenters. The maximum Gasteiger partial charge on any atom is 0.226 e. The molecule has 0 radical (unpaired) electrons. The number of methoxy groups -OCH3 is 1. The van der Waals surface area contributed by atoms with Crippen LogP contribution in [-0.4, -0.2) is 19.6 Å². The minimum atomic E-state index is -0.183. The minimum Gasteiger partial charge on any atom is -0.497 e. The van der Waals surface area contributed by atoms with E-state index < -0.39 is 0 Å². The first-order valence-corrected chi connectivity index (χ1v) is 8.06.